The topological polar surface area (TPSA) is 110 Å². The average Bonchev–Trinajstić information content (AvgIpc) is 3.00. The van der Waals surface area contributed by atoms with Gasteiger partial charge < -0.3 is 10.1 Å². The number of carbonyl (C=O) groups is 1. The minimum atomic E-state index is -3.67. The van der Waals surface area contributed by atoms with Crippen molar-refractivity contribution in [2.24, 2.45) is 5.92 Å². The molecule has 0 aliphatic rings. The maximum atomic E-state index is 12.2. The minimum absolute atomic E-state index is 0.00548. The normalized spacial score (nSPS) is 11.5. The molecule has 142 valence electrons. The van der Waals surface area contributed by atoms with Crippen LogP contribution in [0, 0.1) is 5.92 Å². The number of anilines is 1. The summed E-state index contributed by atoms with van der Waals surface area (Å²) < 4.78 is 31.7. The van der Waals surface area contributed by atoms with Gasteiger partial charge in [-0.2, -0.15) is 0 Å². The first-order valence-electron chi connectivity index (χ1n) is 8.06. The highest BCUT2D eigenvalue weighted by atomic mass is 32.2. The number of nitrogens with zero attached hydrogens (tertiary/aromatic N) is 2. The van der Waals surface area contributed by atoms with E-state index in [0.717, 1.165) is 11.4 Å². The Labute approximate surface area is 157 Å². The Bertz CT molecular complexity index is 832. The molecule has 1 aromatic heterocycles. The molecular weight excluding hydrogens is 376 g/mol. The highest BCUT2D eigenvalue weighted by Gasteiger charge is 2.15. The first kappa shape index (κ1) is 20.3. The summed E-state index contributed by atoms with van der Waals surface area (Å²) >= 11 is 1.32. The van der Waals surface area contributed by atoms with E-state index in [1.165, 1.54) is 30.6 Å². The van der Waals surface area contributed by atoms with Crippen LogP contribution in [-0.2, 0) is 21.2 Å². The van der Waals surface area contributed by atoms with Crippen LogP contribution in [0.2, 0.25) is 0 Å². The summed E-state index contributed by atoms with van der Waals surface area (Å²) in [6.07, 6.45) is 0.795. The quantitative estimate of drug-likeness (QED) is 0.669. The Hall–Kier alpha value is -2.04. The summed E-state index contributed by atoms with van der Waals surface area (Å²) in [6.45, 7) is 4.14. The van der Waals surface area contributed by atoms with Crippen LogP contribution in [0.15, 0.2) is 29.2 Å². The zero-order chi connectivity index (χ0) is 19.2. The van der Waals surface area contributed by atoms with Crippen LogP contribution in [-0.4, -0.2) is 38.2 Å². The van der Waals surface area contributed by atoms with Gasteiger partial charge in [0.25, 0.3) is 0 Å². The molecule has 26 heavy (non-hydrogen) atoms. The summed E-state index contributed by atoms with van der Waals surface area (Å²) in [5, 5.41) is 11.8. The van der Waals surface area contributed by atoms with Gasteiger partial charge in [-0.05, 0) is 30.2 Å². The van der Waals surface area contributed by atoms with Crippen molar-refractivity contribution >= 4 is 32.4 Å². The zero-order valence-electron chi connectivity index (χ0n) is 14.9. The summed E-state index contributed by atoms with van der Waals surface area (Å²) in [4.78, 5) is 12.0. The van der Waals surface area contributed by atoms with Gasteiger partial charge in [-0.15, -0.1) is 10.2 Å². The molecule has 0 atom stereocenters. The molecule has 0 aliphatic heterocycles. The fraction of sp³-hybridized carbons (Fsp3) is 0.438. The lowest BCUT2D eigenvalue weighted by Gasteiger charge is -2.07. The monoisotopic (exact) mass is 398 g/mol. The lowest BCUT2D eigenvalue weighted by Crippen LogP contribution is -2.27. The molecule has 0 radical (unpaired) electrons. The number of carbonyl (C=O) groups excluding carboxylic acids is 1. The number of hydrogen-bond acceptors (Lipinski definition) is 7. The van der Waals surface area contributed by atoms with E-state index in [1.54, 1.807) is 12.1 Å². The van der Waals surface area contributed by atoms with Crippen LogP contribution in [0.1, 0.15) is 25.3 Å². The fourth-order valence-electron chi connectivity index (χ4n) is 2.05. The van der Waals surface area contributed by atoms with Crippen molar-refractivity contribution in [1.82, 2.24) is 14.9 Å². The third kappa shape index (κ3) is 6.04. The largest absolute Gasteiger partial charge is 0.497 e. The fourth-order valence-corrected chi connectivity index (χ4v) is 4.05. The predicted octanol–water partition coefficient (Wildman–Crippen LogP) is 2.05. The van der Waals surface area contributed by atoms with E-state index >= 15 is 0 Å². The molecule has 8 nitrogen and oxygen atoms in total. The SMILES string of the molecule is COc1ccc(S(=O)(=O)NCCC(=O)Nc2nnc(CC(C)C)s2)cc1. The molecule has 2 rings (SSSR count). The maximum Gasteiger partial charge on any atom is 0.240 e. The zero-order valence-corrected chi connectivity index (χ0v) is 16.5. The van der Waals surface area contributed by atoms with E-state index in [9.17, 15) is 13.2 Å². The van der Waals surface area contributed by atoms with E-state index in [4.69, 9.17) is 4.74 Å². The number of hydrogen-bond donors (Lipinski definition) is 2. The number of sulfonamides is 1. The number of ether oxygens (including phenoxy) is 1. The van der Waals surface area contributed by atoms with E-state index in [-0.39, 0.29) is 23.8 Å². The van der Waals surface area contributed by atoms with Gasteiger partial charge in [0, 0.05) is 19.4 Å². The molecule has 0 saturated carbocycles. The predicted molar refractivity (Wildman–Crippen MR) is 99.9 cm³/mol. The standard InChI is InChI=1S/C16H22N4O4S2/c1-11(2)10-15-19-20-16(25-15)18-14(21)8-9-17-26(22,23)13-6-4-12(24-3)5-7-13/h4-7,11,17H,8-10H2,1-3H3,(H,18,20,21). The van der Waals surface area contributed by atoms with Gasteiger partial charge in [-0.25, -0.2) is 13.1 Å². The van der Waals surface area contributed by atoms with Crippen LogP contribution < -0.4 is 14.8 Å². The molecule has 1 amide bonds. The molecule has 0 bridgehead atoms. The maximum absolute atomic E-state index is 12.2. The molecule has 0 unspecified atom stereocenters. The van der Waals surface area contributed by atoms with Crippen molar-refractivity contribution in [2.75, 3.05) is 19.0 Å². The van der Waals surface area contributed by atoms with Crippen LogP contribution >= 0.6 is 11.3 Å². The molecule has 0 aliphatic carbocycles. The van der Waals surface area contributed by atoms with E-state index in [1.807, 2.05) is 0 Å². The molecule has 10 heteroatoms. The Morgan fingerprint density at radius 1 is 1.23 bits per heavy atom. The second kappa shape index (κ2) is 9.06. The number of methoxy groups -OCH3 is 1. The van der Waals surface area contributed by atoms with Gasteiger partial charge in [-0.1, -0.05) is 25.2 Å². The summed E-state index contributed by atoms with van der Waals surface area (Å²) in [7, 11) is -2.17. The van der Waals surface area contributed by atoms with Crippen molar-refractivity contribution in [3.05, 3.63) is 29.3 Å². The van der Waals surface area contributed by atoms with Crippen LogP contribution in [0.25, 0.3) is 0 Å². The van der Waals surface area contributed by atoms with Crippen molar-refractivity contribution in [3.8, 4) is 5.75 Å². The van der Waals surface area contributed by atoms with Gasteiger partial charge in [0.2, 0.25) is 21.1 Å². The number of nitrogens with one attached hydrogen (secondary N) is 2. The Balaban J connectivity index is 1.82. The highest BCUT2D eigenvalue weighted by Crippen LogP contribution is 2.18. The van der Waals surface area contributed by atoms with Crippen LogP contribution in [0.5, 0.6) is 5.75 Å². The van der Waals surface area contributed by atoms with Crippen LogP contribution in [0.3, 0.4) is 0 Å². The summed E-state index contributed by atoms with van der Waals surface area (Å²) in [6, 6.07) is 6.01. The molecule has 0 spiro atoms. The minimum Gasteiger partial charge on any atom is -0.497 e. The molecular formula is C16H22N4O4S2. The lowest BCUT2D eigenvalue weighted by molar-refractivity contribution is -0.116. The third-order valence-corrected chi connectivity index (χ3v) is 5.65. The number of aromatic nitrogens is 2. The lowest BCUT2D eigenvalue weighted by atomic mass is 10.1. The van der Waals surface area contributed by atoms with Crippen molar-refractivity contribution in [3.63, 3.8) is 0 Å². The van der Waals surface area contributed by atoms with Crippen molar-refractivity contribution in [2.45, 2.75) is 31.6 Å². The second-order valence-electron chi connectivity index (χ2n) is 5.97. The average molecular weight is 399 g/mol. The number of amides is 1. The molecule has 1 heterocycles. The molecule has 1 aromatic carbocycles. The molecule has 2 N–H and O–H groups in total. The first-order valence-corrected chi connectivity index (χ1v) is 10.4. The summed E-state index contributed by atoms with van der Waals surface area (Å²) in [5.74, 6) is 0.700. The smallest absolute Gasteiger partial charge is 0.240 e. The van der Waals surface area contributed by atoms with Gasteiger partial charge in [-0.3, -0.25) is 4.79 Å². The van der Waals surface area contributed by atoms with Gasteiger partial charge in [0.1, 0.15) is 10.8 Å². The Morgan fingerprint density at radius 3 is 2.54 bits per heavy atom. The van der Waals surface area contributed by atoms with Gasteiger partial charge >= 0.3 is 0 Å². The van der Waals surface area contributed by atoms with Crippen molar-refractivity contribution in [1.29, 1.82) is 0 Å². The Kier molecular flexibility index (Phi) is 7.06. The molecule has 2 aromatic rings. The van der Waals surface area contributed by atoms with E-state index in [0.29, 0.717) is 16.8 Å². The Morgan fingerprint density at radius 2 is 1.92 bits per heavy atom. The molecule has 0 saturated heterocycles. The number of rotatable bonds is 9. The van der Waals surface area contributed by atoms with Gasteiger partial charge in [0.15, 0.2) is 0 Å². The summed E-state index contributed by atoms with van der Waals surface area (Å²) in [5.41, 5.74) is 0. The van der Waals surface area contributed by atoms with Gasteiger partial charge in [0.05, 0.1) is 12.0 Å². The van der Waals surface area contributed by atoms with Crippen LogP contribution in [0.4, 0.5) is 5.13 Å². The molecule has 0 fully saturated rings. The first-order chi connectivity index (χ1) is 12.3. The van der Waals surface area contributed by atoms with Crippen molar-refractivity contribution < 1.29 is 17.9 Å². The number of benzene rings is 1. The van der Waals surface area contributed by atoms with E-state index in [2.05, 4.69) is 34.1 Å². The second-order valence-corrected chi connectivity index (χ2v) is 8.80. The third-order valence-electron chi connectivity index (χ3n) is 3.31. The van der Waals surface area contributed by atoms with E-state index < -0.39 is 10.0 Å². The highest BCUT2D eigenvalue weighted by molar-refractivity contribution is 7.89.